The number of rotatable bonds is 8. The molecule has 1 fully saturated rings. The van der Waals surface area contributed by atoms with Crippen LogP contribution in [0.3, 0.4) is 0 Å². The van der Waals surface area contributed by atoms with Crippen LogP contribution in [0.2, 0.25) is 0 Å². The van der Waals surface area contributed by atoms with E-state index in [1.807, 2.05) is 13.8 Å². The minimum atomic E-state index is -3.56. The molecule has 1 saturated heterocycles. The predicted octanol–water partition coefficient (Wildman–Crippen LogP) is 2.08. The molecule has 0 bridgehead atoms. The molecule has 1 aromatic carbocycles. The molecule has 0 unspecified atom stereocenters. The first-order valence-corrected chi connectivity index (χ1v) is 12.0. The van der Waals surface area contributed by atoms with Gasteiger partial charge in [0.1, 0.15) is 0 Å². The third-order valence-corrected chi connectivity index (χ3v) is 7.21. The Morgan fingerprint density at radius 1 is 1.13 bits per heavy atom. The van der Waals surface area contributed by atoms with E-state index in [0.717, 1.165) is 6.42 Å². The maximum Gasteiger partial charge on any atom is 0.273 e. The average Bonchev–Trinajstić information content (AvgIpc) is 3.21. The van der Waals surface area contributed by atoms with Crippen LogP contribution in [0.1, 0.15) is 43.6 Å². The number of piperidine rings is 1. The largest absolute Gasteiger partial charge is 0.351 e. The Kier molecular flexibility index (Phi) is 7.45. The normalized spacial score (nSPS) is 15.5. The molecule has 0 radical (unpaired) electrons. The minimum absolute atomic E-state index is 0.188. The molecule has 3 rings (SSSR count). The summed E-state index contributed by atoms with van der Waals surface area (Å²) >= 11 is 0. The van der Waals surface area contributed by atoms with E-state index in [0.29, 0.717) is 31.6 Å². The van der Waals surface area contributed by atoms with Crippen molar-refractivity contribution in [3.05, 3.63) is 42.2 Å². The van der Waals surface area contributed by atoms with E-state index in [9.17, 15) is 18.0 Å². The van der Waals surface area contributed by atoms with Gasteiger partial charge in [-0.15, -0.1) is 0 Å². The molecular formula is C21H29N5O4S. The SMILES string of the molecule is CCCNC(=O)c1nn(CC)cc1NC(=O)C1CCN(S(=O)(=O)c2ccccc2)CC1. The summed E-state index contributed by atoms with van der Waals surface area (Å²) in [7, 11) is -3.56. The average molecular weight is 448 g/mol. The molecule has 2 amide bonds. The Labute approximate surface area is 182 Å². The third kappa shape index (κ3) is 5.31. The van der Waals surface area contributed by atoms with Crippen LogP contribution in [0, 0.1) is 5.92 Å². The third-order valence-electron chi connectivity index (χ3n) is 5.30. The maximum absolute atomic E-state index is 12.8. The maximum atomic E-state index is 12.8. The van der Waals surface area contributed by atoms with Gasteiger partial charge in [-0.3, -0.25) is 14.3 Å². The second-order valence-corrected chi connectivity index (χ2v) is 9.42. The van der Waals surface area contributed by atoms with Crippen LogP contribution in [0.5, 0.6) is 0 Å². The lowest BCUT2D eigenvalue weighted by molar-refractivity contribution is -0.120. The first kappa shape index (κ1) is 23.0. The molecule has 1 aliphatic rings. The fraction of sp³-hybridized carbons (Fsp3) is 0.476. The molecule has 0 aliphatic carbocycles. The highest BCUT2D eigenvalue weighted by molar-refractivity contribution is 7.89. The summed E-state index contributed by atoms with van der Waals surface area (Å²) in [4.78, 5) is 25.5. The van der Waals surface area contributed by atoms with Crippen LogP contribution >= 0.6 is 0 Å². The Hall–Kier alpha value is -2.72. The highest BCUT2D eigenvalue weighted by atomic mass is 32.2. The number of amides is 2. The van der Waals surface area contributed by atoms with Crippen molar-refractivity contribution in [3.63, 3.8) is 0 Å². The van der Waals surface area contributed by atoms with E-state index in [1.54, 1.807) is 41.2 Å². The fourth-order valence-electron chi connectivity index (χ4n) is 3.50. The lowest BCUT2D eigenvalue weighted by Crippen LogP contribution is -2.41. The van der Waals surface area contributed by atoms with Crippen molar-refractivity contribution in [2.75, 3.05) is 25.0 Å². The molecule has 2 N–H and O–H groups in total. The van der Waals surface area contributed by atoms with Gasteiger partial charge in [-0.1, -0.05) is 25.1 Å². The second kappa shape index (κ2) is 10.1. The van der Waals surface area contributed by atoms with Crippen molar-refractivity contribution in [1.82, 2.24) is 19.4 Å². The Morgan fingerprint density at radius 2 is 1.81 bits per heavy atom. The smallest absolute Gasteiger partial charge is 0.273 e. The van der Waals surface area contributed by atoms with E-state index in [1.165, 1.54) is 4.31 Å². The summed E-state index contributed by atoms with van der Waals surface area (Å²) < 4.78 is 28.6. The van der Waals surface area contributed by atoms with Crippen molar-refractivity contribution in [2.24, 2.45) is 5.92 Å². The number of nitrogens with one attached hydrogen (secondary N) is 2. The minimum Gasteiger partial charge on any atom is -0.351 e. The summed E-state index contributed by atoms with van der Waals surface area (Å²) in [5.41, 5.74) is 0.563. The number of carbonyl (C=O) groups is 2. The van der Waals surface area contributed by atoms with Gasteiger partial charge in [0.25, 0.3) is 5.91 Å². The van der Waals surface area contributed by atoms with Gasteiger partial charge < -0.3 is 10.6 Å². The molecule has 2 heterocycles. The van der Waals surface area contributed by atoms with Crippen molar-refractivity contribution in [2.45, 2.75) is 44.6 Å². The van der Waals surface area contributed by atoms with Crippen molar-refractivity contribution >= 4 is 27.5 Å². The van der Waals surface area contributed by atoms with Gasteiger partial charge >= 0.3 is 0 Å². The van der Waals surface area contributed by atoms with E-state index < -0.39 is 10.0 Å². The van der Waals surface area contributed by atoms with Gasteiger partial charge in [0.15, 0.2) is 5.69 Å². The molecule has 0 atom stereocenters. The number of hydrogen-bond donors (Lipinski definition) is 2. The lowest BCUT2D eigenvalue weighted by atomic mass is 9.97. The van der Waals surface area contributed by atoms with Crippen molar-refractivity contribution < 1.29 is 18.0 Å². The van der Waals surface area contributed by atoms with Gasteiger partial charge in [-0.05, 0) is 38.3 Å². The number of sulfonamides is 1. The summed E-state index contributed by atoms with van der Waals surface area (Å²) in [6.45, 7) is 5.49. The molecule has 168 valence electrons. The van der Waals surface area contributed by atoms with Crippen LogP contribution in [0.25, 0.3) is 0 Å². The van der Waals surface area contributed by atoms with E-state index >= 15 is 0 Å². The highest BCUT2D eigenvalue weighted by Gasteiger charge is 2.32. The molecule has 10 heteroatoms. The van der Waals surface area contributed by atoms with Crippen LogP contribution in [-0.2, 0) is 21.4 Å². The quantitative estimate of drug-likeness (QED) is 0.643. The van der Waals surface area contributed by atoms with E-state index in [4.69, 9.17) is 0 Å². The van der Waals surface area contributed by atoms with Crippen molar-refractivity contribution in [3.8, 4) is 0 Å². The molecule has 1 aromatic heterocycles. The Bertz CT molecular complexity index is 1010. The van der Waals surface area contributed by atoms with Gasteiger partial charge in [0.05, 0.1) is 10.6 Å². The number of carbonyl (C=O) groups excluding carboxylic acids is 2. The number of anilines is 1. The van der Waals surface area contributed by atoms with Gasteiger partial charge in [0, 0.05) is 38.3 Å². The predicted molar refractivity (Wildman–Crippen MR) is 117 cm³/mol. The molecule has 0 spiro atoms. The first-order chi connectivity index (χ1) is 14.9. The summed E-state index contributed by atoms with van der Waals surface area (Å²) in [5.74, 6) is -0.885. The standard InChI is InChI=1S/C21H29N5O4S/c1-3-12-22-21(28)19-18(15-25(4-2)24-19)23-20(27)16-10-13-26(14-11-16)31(29,30)17-8-6-5-7-9-17/h5-9,15-16H,3-4,10-14H2,1-2H3,(H,22,28)(H,23,27). The molecule has 9 nitrogen and oxygen atoms in total. The summed E-state index contributed by atoms with van der Waals surface area (Å²) in [5, 5.41) is 9.86. The number of hydrogen-bond acceptors (Lipinski definition) is 5. The number of nitrogens with zero attached hydrogens (tertiary/aromatic N) is 3. The first-order valence-electron chi connectivity index (χ1n) is 10.6. The highest BCUT2D eigenvalue weighted by Crippen LogP contribution is 2.25. The zero-order valence-electron chi connectivity index (χ0n) is 17.9. The lowest BCUT2D eigenvalue weighted by Gasteiger charge is -2.30. The van der Waals surface area contributed by atoms with Crippen LogP contribution in [-0.4, -0.2) is 54.0 Å². The number of aryl methyl sites for hydroxylation is 1. The van der Waals surface area contributed by atoms with E-state index in [-0.39, 0.29) is 41.4 Å². The molecular weight excluding hydrogens is 418 g/mol. The van der Waals surface area contributed by atoms with Crippen LogP contribution in [0.15, 0.2) is 41.4 Å². The van der Waals surface area contributed by atoms with Crippen LogP contribution in [0.4, 0.5) is 5.69 Å². The Morgan fingerprint density at radius 3 is 2.42 bits per heavy atom. The Balaban J connectivity index is 1.64. The van der Waals surface area contributed by atoms with Crippen molar-refractivity contribution in [1.29, 1.82) is 0 Å². The number of aromatic nitrogens is 2. The second-order valence-electron chi connectivity index (χ2n) is 7.48. The van der Waals surface area contributed by atoms with Gasteiger partial charge in [0.2, 0.25) is 15.9 Å². The topological polar surface area (TPSA) is 113 Å². The fourth-order valence-corrected chi connectivity index (χ4v) is 4.99. The zero-order valence-corrected chi connectivity index (χ0v) is 18.7. The molecule has 2 aromatic rings. The molecule has 0 saturated carbocycles. The number of benzene rings is 1. The van der Waals surface area contributed by atoms with E-state index in [2.05, 4.69) is 15.7 Å². The van der Waals surface area contributed by atoms with Crippen LogP contribution < -0.4 is 10.6 Å². The monoisotopic (exact) mass is 447 g/mol. The van der Waals surface area contributed by atoms with Gasteiger partial charge in [-0.2, -0.15) is 9.40 Å². The zero-order chi connectivity index (χ0) is 22.4. The summed E-state index contributed by atoms with van der Waals surface area (Å²) in [6.07, 6.45) is 3.27. The molecule has 1 aliphatic heterocycles. The summed E-state index contributed by atoms with van der Waals surface area (Å²) in [6, 6.07) is 8.30. The van der Waals surface area contributed by atoms with Gasteiger partial charge in [-0.25, -0.2) is 8.42 Å². The molecule has 31 heavy (non-hydrogen) atoms.